The maximum atomic E-state index is 13.0. The van der Waals surface area contributed by atoms with Gasteiger partial charge in [0, 0.05) is 16.6 Å². The second-order valence-corrected chi connectivity index (χ2v) is 9.92. The molecule has 162 valence electrons. The van der Waals surface area contributed by atoms with E-state index in [0.29, 0.717) is 33.5 Å². The predicted octanol–water partition coefficient (Wildman–Crippen LogP) is 4.49. The van der Waals surface area contributed by atoms with E-state index >= 15 is 0 Å². The number of rotatable bonds is 5. The standard InChI is InChI=1S/C19H15Cl3N4O4S/c20-11-3-6-13(7-4-11)31(28,29)26-9-1-2-16(26)17(27)23-19-25-24-18(30-19)14-8-5-12(21)10-15(14)22/h3-8,10,16H,1-2,9H2,(H,23,25,27). The summed E-state index contributed by atoms with van der Waals surface area (Å²) in [5.74, 6) is -0.471. The Balaban J connectivity index is 1.52. The molecule has 1 saturated heterocycles. The summed E-state index contributed by atoms with van der Waals surface area (Å²) in [4.78, 5) is 12.9. The molecule has 1 atom stereocenters. The molecule has 1 fully saturated rings. The average Bonchev–Trinajstić information content (AvgIpc) is 3.38. The molecule has 1 aliphatic heterocycles. The molecule has 3 aromatic rings. The lowest BCUT2D eigenvalue weighted by atomic mass is 10.2. The van der Waals surface area contributed by atoms with E-state index in [4.69, 9.17) is 39.2 Å². The van der Waals surface area contributed by atoms with Gasteiger partial charge in [-0.05, 0) is 55.3 Å². The van der Waals surface area contributed by atoms with Crippen LogP contribution in [-0.4, -0.2) is 41.4 Å². The van der Waals surface area contributed by atoms with Crippen LogP contribution in [0.1, 0.15) is 12.8 Å². The second kappa shape index (κ2) is 8.76. The van der Waals surface area contributed by atoms with Crippen molar-refractivity contribution in [2.75, 3.05) is 11.9 Å². The Labute approximate surface area is 193 Å². The van der Waals surface area contributed by atoms with Crippen LogP contribution in [0, 0.1) is 0 Å². The van der Waals surface area contributed by atoms with Crippen LogP contribution in [0.15, 0.2) is 51.8 Å². The minimum atomic E-state index is -3.87. The number of halogens is 3. The summed E-state index contributed by atoms with van der Waals surface area (Å²) in [6.45, 7) is 0.221. The van der Waals surface area contributed by atoms with E-state index in [1.54, 1.807) is 12.1 Å². The van der Waals surface area contributed by atoms with Gasteiger partial charge in [-0.15, -0.1) is 5.10 Å². The first kappa shape index (κ1) is 22.0. The number of hydrogen-bond acceptors (Lipinski definition) is 6. The number of carbonyl (C=O) groups excluding carboxylic acids is 1. The number of nitrogens with one attached hydrogen (secondary N) is 1. The maximum absolute atomic E-state index is 13.0. The number of benzene rings is 2. The van der Waals surface area contributed by atoms with Crippen molar-refractivity contribution < 1.29 is 17.6 Å². The molecule has 12 heteroatoms. The van der Waals surface area contributed by atoms with Gasteiger partial charge in [0.25, 0.3) is 5.89 Å². The first-order valence-corrected chi connectivity index (χ1v) is 11.7. The van der Waals surface area contributed by atoms with Gasteiger partial charge in [-0.3, -0.25) is 10.1 Å². The Morgan fingerprint density at radius 1 is 1.06 bits per heavy atom. The van der Waals surface area contributed by atoms with Crippen LogP contribution in [0.3, 0.4) is 0 Å². The molecule has 0 bridgehead atoms. The van der Waals surface area contributed by atoms with Crippen LogP contribution in [0.2, 0.25) is 15.1 Å². The fraction of sp³-hybridized carbons (Fsp3) is 0.211. The van der Waals surface area contributed by atoms with Gasteiger partial charge in [0.05, 0.1) is 15.5 Å². The topological polar surface area (TPSA) is 105 Å². The van der Waals surface area contributed by atoms with Crippen LogP contribution in [-0.2, 0) is 14.8 Å². The zero-order chi connectivity index (χ0) is 22.2. The highest BCUT2D eigenvalue weighted by Gasteiger charge is 2.40. The fourth-order valence-electron chi connectivity index (χ4n) is 3.27. The molecule has 0 saturated carbocycles. The molecule has 0 spiro atoms. The van der Waals surface area contributed by atoms with E-state index in [1.807, 2.05) is 0 Å². The van der Waals surface area contributed by atoms with Crippen molar-refractivity contribution in [2.24, 2.45) is 0 Å². The number of anilines is 1. The van der Waals surface area contributed by atoms with Gasteiger partial charge < -0.3 is 4.42 Å². The summed E-state index contributed by atoms with van der Waals surface area (Å²) < 4.78 is 32.6. The number of aromatic nitrogens is 2. The highest BCUT2D eigenvalue weighted by atomic mass is 35.5. The number of amides is 1. The summed E-state index contributed by atoms with van der Waals surface area (Å²) in [7, 11) is -3.87. The monoisotopic (exact) mass is 500 g/mol. The van der Waals surface area contributed by atoms with Crippen molar-refractivity contribution in [3.63, 3.8) is 0 Å². The van der Waals surface area contributed by atoms with Crippen LogP contribution in [0.25, 0.3) is 11.5 Å². The summed E-state index contributed by atoms with van der Waals surface area (Å²) in [5.41, 5.74) is 0.451. The smallest absolute Gasteiger partial charge is 0.322 e. The maximum Gasteiger partial charge on any atom is 0.322 e. The van der Waals surface area contributed by atoms with Crippen LogP contribution in [0.5, 0.6) is 0 Å². The van der Waals surface area contributed by atoms with Crippen molar-refractivity contribution in [3.8, 4) is 11.5 Å². The lowest BCUT2D eigenvalue weighted by Crippen LogP contribution is -2.43. The highest BCUT2D eigenvalue weighted by Crippen LogP contribution is 2.31. The summed E-state index contributed by atoms with van der Waals surface area (Å²) in [5, 5.41) is 11.3. The summed E-state index contributed by atoms with van der Waals surface area (Å²) in [6, 6.07) is 9.47. The Morgan fingerprint density at radius 2 is 1.77 bits per heavy atom. The minimum Gasteiger partial charge on any atom is -0.403 e. The van der Waals surface area contributed by atoms with Crippen molar-refractivity contribution in [1.29, 1.82) is 0 Å². The molecular formula is C19H15Cl3N4O4S. The molecule has 2 heterocycles. The van der Waals surface area contributed by atoms with Gasteiger partial charge in [0.15, 0.2) is 0 Å². The third-order valence-corrected chi connectivity index (χ3v) is 7.47. The molecular weight excluding hydrogens is 487 g/mol. The normalized spacial score (nSPS) is 17.1. The third kappa shape index (κ3) is 4.56. The Kier molecular flexibility index (Phi) is 6.23. The number of sulfonamides is 1. The SMILES string of the molecule is O=C(Nc1nnc(-c2ccc(Cl)cc2Cl)o1)C1CCCN1S(=O)(=O)c1ccc(Cl)cc1. The molecule has 31 heavy (non-hydrogen) atoms. The zero-order valence-electron chi connectivity index (χ0n) is 15.8. The molecule has 2 aromatic carbocycles. The molecule has 0 aliphatic carbocycles. The van der Waals surface area contributed by atoms with Gasteiger partial charge in [0.2, 0.25) is 15.9 Å². The highest BCUT2D eigenvalue weighted by molar-refractivity contribution is 7.89. The first-order valence-electron chi connectivity index (χ1n) is 9.13. The number of hydrogen-bond donors (Lipinski definition) is 1. The predicted molar refractivity (Wildman–Crippen MR) is 117 cm³/mol. The van der Waals surface area contributed by atoms with Crippen molar-refractivity contribution in [2.45, 2.75) is 23.8 Å². The van der Waals surface area contributed by atoms with Gasteiger partial charge in [0.1, 0.15) is 6.04 Å². The molecule has 0 radical (unpaired) electrons. The molecule has 1 N–H and O–H groups in total. The Bertz CT molecular complexity index is 1230. The fourth-order valence-corrected chi connectivity index (χ4v) is 5.54. The molecule has 1 amide bonds. The average molecular weight is 502 g/mol. The zero-order valence-corrected chi connectivity index (χ0v) is 18.8. The van der Waals surface area contributed by atoms with E-state index in [2.05, 4.69) is 15.5 Å². The lowest BCUT2D eigenvalue weighted by Gasteiger charge is -2.22. The quantitative estimate of drug-likeness (QED) is 0.552. The van der Waals surface area contributed by atoms with E-state index in [9.17, 15) is 13.2 Å². The van der Waals surface area contributed by atoms with Crippen molar-refractivity contribution in [3.05, 3.63) is 57.5 Å². The molecule has 1 unspecified atom stereocenters. The third-order valence-electron chi connectivity index (χ3n) is 4.74. The van der Waals surface area contributed by atoms with E-state index < -0.39 is 22.0 Å². The van der Waals surface area contributed by atoms with E-state index in [-0.39, 0.29) is 23.3 Å². The van der Waals surface area contributed by atoms with Gasteiger partial charge in [-0.1, -0.05) is 39.9 Å². The Morgan fingerprint density at radius 3 is 2.48 bits per heavy atom. The lowest BCUT2D eigenvalue weighted by molar-refractivity contribution is -0.119. The van der Waals surface area contributed by atoms with Gasteiger partial charge in [-0.25, -0.2) is 8.42 Å². The second-order valence-electron chi connectivity index (χ2n) is 6.75. The molecule has 4 rings (SSSR count). The van der Waals surface area contributed by atoms with Crippen LogP contribution in [0.4, 0.5) is 6.01 Å². The van der Waals surface area contributed by atoms with Crippen LogP contribution >= 0.6 is 34.8 Å². The van der Waals surface area contributed by atoms with Crippen LogP contribution < -0.4 is 5.32 Å². The van der Waals surface area contributed by atoms with E-state index in [1.165, 1.54) is 34.6 Å². The summed E-state index contributed by atoms with van der Waals surface area (Å²) in [6.07, 6.45) is 0.906. The van der Waals surface area contributed by atoms with E-state index in [0.717, 1.165) is 0 Å². The Hall–Kier alpha value is -2.17. The molecule has 1 aliphatic rings. The summed E-state index contributed by atoms with van der Waals surface area (Å²) >= 11 is 17.9. The molecule has 8 nitrogen and oxygen atoms in total. The van der Waals surface area contributed by atoms with Gasteiger partial charge in [-0.2, -0.15) is 4.31 Å². The molecule has 1 aromatic heterocycles. The minimum absolute atomic E-state index is 0.0639. The number of carbonyl (C=O) groups is 1. The largest absolute Gasteiger partial charge is 0.403 e. The van der Waals surface area contributed by atoms with Crippen molar-refractivity contribution >= 4 is 56.7 Å². The first-order chi connectivity index (χ1) is 14.8. The number of nitrogens with zero attached hydrogens (tertiary/aromatic N) is 3. The van der Waals surface area contributed by atoms with Crippen molar-refractivity contribution in [1.82, 2.24) is 14.5 Å². The van der Waals surface area contributed by atoms with Gasteiger partial charge >= 0.3 is 6.01 Å².